The van der Waals surface area contributed by atoms with Gasteiger partial charge in [-0.3, -0.25) is 4.79 Å². The Morgan fingerprint density at radius 2 is 1.95 bits per heavy atom. The largest absolute Gasteiger partial charge is 0.444 e. The van der Waals surface area contributed by atoms with Crippen molar-refractivity contribution >= 4 is 23.6 Å². The number of hydrogen-bond donors (Lipinski definition) is 0. The van der Waals surface area contributed by atoms with Gasteiger partial charge < -0.3 is 14.5 Å². The molecule has 1 atom stereocenters. The second kappa shape index (κ2) is 8.04. The lowest BCUT2D eigenvalue weighted by molar-refractivity contribution is -0.131. The van der Waals surface area contributed by atoms with Crippen molar-refractivity contribution in [2.75, 3.05) is 19.0 Å². The average molecular weight is 333 g/mol. The average Bonchev–Trinajstić information content (AvgIpc) is 2.42. The molecule has 1 saturated heterocycles. The van der Waals surface area contributed by atoms with E-state index in [2.05, 4.69) is 0 Å². The van der Waals surface area contributed by atoms with Crippen LogP contribution < -0.4 is 0 Å². The summed E-state index contributed by atoms with van der Waals surface area (Å²) in [5.41, 5.74) is -0.511. The fourth-order valence-electron chi connectivity index (χ4n) is 2.66. The number of alkyl halides is 1. The van der Waals surface area contributed by atoms with Gasteiger partial charge >= 0.3 is 6.09 Å². The van der Waals surface area contributed by atoms with E-state index in [1.165, 1.54) is 0 Å². The Kier molecular flexibility index (Phi) is 6.98. The van der Waals surface area contributed by atoms with E-state index in [-0.39, 0.29) is 30.0 Å². The summed E-state index contributed by atoms with van der Waals surface area (Å²) in [5.74, 6) is -0.122. The van der Waals surface area contributed by atoms with Crippen LogP contribution in [0.3, 0.4) is 0 Å². The molecule has 0 saturated carbocycles. The third kappa shape index (κ3) is 5.67. The van der Waals surface area contributed by atoms with Crippen molar-refractivity contribution in [1.29, 1.82) is 0 Å². The van der Waals surface area contributed by atoms with Crippen molar-refractivity contribution in [2.45, 2.75) is 71.6 Å². The fourth-order valence-corrected chi connectivity index (χ4v) is 2.81. The van der Waals surface area contributed by atoms with E-state index >= 15 is 0 Å². The smallest absolute Gasteiger partial charge is 0.410 e. The Labute approximate surface area is 138 Å². The molecule has 5 nitrogen and oxygen atoms in total. The summed E-state index contributed by atoms with van der Waals surface area (Å²) in [6, 6.07) is 0.0619. The summed E-state index contributed by atoms with van der Waals surface area (Å²) < 4.78 is 5.49. The molecule has 0 unspecified atom stereocenters. The molecule has 1 heterocycles. The molecule has 0 radical (unpaired) electrons. The van der Waals surface area contributed by atoms with Crippen molar-refractivity contribution in [3.05, 3.63) is 0 Å². The van der Waals surface area contributed by atoms with Crippen molar-refractivity contribution in [2.24, 2.45) is 0 Å². The lowest BCUT2D eigenvalue weighted by Gasteiger charge is -2.40. The van der Waals surface area contributed by atoms with Crippen molar-refractivity contribution < 1.29 is 14.3 Å². The number of hydrogen-bond acceptors (Lipinski definition) is 3. The Bertz CT molecular complexity index is 393. The molecule has 0 aromatic rings. The van der Waals surface area contributed by atoms with E-state index in [1.54, 1.807) is 9.80 Å². The zero-order chi connectivity index (χ0) is 16.9. The molecule has 0 N–H and O–H groups in total. The number of ether oxygens (including phenoxy) is 1. The molecular weight excluding hydrogens is 304 g/mol. The molecule has 2 amide bonds. The lowest BCUT2D eigenvalue weighted by atomic mass is 10.0. The molecular formula is C16H29ClN2O3. The van der Waals surface area contributed by atoms with E-state index in [0.717, 1.165) is 19.3 Å². The van der Waals surface area contributed by atoms with Crippen LogP contribution in [-0.2, 0) is 9.53 Å². The van der Waals surface area contributed by atoms with Gasteiger partial charge in [0.05, 0.1) is 6.04 Å². The number of likely N-dealkylation sites (tertiary alicyclic amines) is 1. The molecule has 6 heteroatoms. The van der Waals surface area contributed by atoms with Gasteiger partial charge in [-0.05, 0) is 53.9 Å². The number of rotatable bonds is 4. The maximum absolute atomic E-state index is 12.4. The minimum absolute atomic E-state index is 0.00170. The number of carbonyl (C=O) groups is 2. The number of nitrogens with zero attached hydrogens (tertiary/aromatic N) is 2. The highest BCUT2D eigenvalue weighted by atomic mass is 35.5. The molecule has 1 aliphatic heterocycles. The van der Waals surface area contributed by atoms with Gasteiger partial charge in [0.1, 0.15) is 11.5 Å². The predicted molar refractivity (Wildman–Crippen MR) is 88.1 cm³/mol. The summed E-state index contributed by atoms with van der Waals surface area (Å²) in [4.78, 5) is 27.9. The van der Waals surface area contributed by atoms with E-state index < -0.39 is 5.60 Å². The summed E-state index contributed by atoms with van der Waals surface area (Å²) in [7, 11) is 0. The summed E-state index contributed by atoms with van der Waals surface area (Å²) in [6.07, 6.45) is 2.63. The van der Waals surface area contributed by atoms with Crippen molar-refractivity contribution in [3.63, 3.8) is 0 Å². The van der Waals surface area contributed by atoms with E-state index in [0.29, 0.717) is 13.1 Å². The Hall–Kier alpha value is -0.970. The van der Waals surface area contributed by atoms with E-state index in [9.17, 15) is 9.59 Å². The van der Waals surface area contributed by atoms with Crippen molar-refractivity contribution in [1.82, 2.24) is 9.80 Å². The molecule has 128 valence electrons. The van der Waals surface area contributed by atoms with Crippen LogP contribution in [0.15, 0.2) is 0 Å². The van der Waals surface area contributed by atoms with Crippen LogP contribution in [0.5, 0.6) is 0 Å². The molecule has 1 aliphatic rings. The first kappa shape index (κ1) is 19.1. The number of halogens is 1. The van der Waals surface area contributed by atoms with Crippen LogP contribution in [-0.4, -0.2) is 58.5 Å². The molecule has 0 bridgehead atoms. The van der Waals surface area contributed by atoms with Crippen LogP contribution in [0.2, 0.25) is 0 Å². The van der Waals surface area contributed by atoms with Crippen LogP contribution in [0.4, 0.5) is 4.79 Å². The van der Waals surface area contributed by atoms with Gasteiger partial charge in [-0.2, -0.15) is 0 Å². The topological polar surface area (TPSA) is 49.9 Å². The Morgan fingerprint density at radius 1 is 1.32 bits per heavy atom. The lowest BCUT2D eigenvalue weighted by Crippen LogP contribution is -2.53. The van der Waals surface area contributed by atoms with Crippen LogP contribution in [0.1, 0.15) is 53.9 Å². The highest BCUT2D eigenvalue weighted by Crippen LogP contribution is 2.22. The monoisotopic (exact) mass is 332 g/mol. The third-order valence-electron chi connectivity index (χ3n) is 3.72. The number of amides is 2. The molecule has 1 fully saturated rings. The number of carbonyl (C=O) groups excluding carboxylic acids is 2. The van der Waals surface area contributed by atoms with Crippen LogP contribution in [0.25, 0.3) is 0 Å². The molecule has 0 aromatic carbocycles. The molecule has 0 aliphatic carbocycles. The molecule has 22 heavy (non-hydrogen) atoms. The quantitative estimate of drug-likeness (QED) is 0.742. The van der Waals surface area contributed by atoms with Gasteiger partial charge in [0.15, 0.2) is 0 Å². The minimum Gasteiger partial charge on any atom is -0.444 e. The van der Waals surface area contributed by atoms with Gasteiger partial charge in [0.2, 0.25) is 5.91 Å². The first-order valence-electron chi connectivity index (χ1n) is 8.00. The maximum atomic E-state index is 12.4. The summed E-state index contributed by atoms with van der Waals surface area (Å²) >= 11 is 5.70. The zero-order valence-corrected chi connectivity index (χ0v) is 15.2. The molecule has 1 rings (SSSR count). The summed E-state index contributed by atoms with van der Waals surface area (Å²) in [6.45, 7) is 10.7. The first-order chi connectivity index (χ1) is 10.2. The predicted octanol–water partition coefficient (Wildman–Crippen LogP) is 3.25. The molecule has 0 spiro atoms. The van der Waals surface area contributed by atoms with Crippen LogP contribution in [0, 0.1) is 0 Å². The highest BCUT2D eigenvalue weighted by Gasteiger charge is 2.32. The SMILES string of the molecule is CC(C)N(C[C@H]1CCCCN1C(=O)OC(C)(C)C)C(=O)CCl. The third-order valence-corrected chi connectivity index (χ3v) is 3.95. The second-order valence-electron chi connectivity index (χ2n) is 7.10. The minimum atomic E-state index is -0.511. The zero-order valence-electron chi connectivity index (χ0n) is 14.4. The van der Waals surface area contributed by atoms with Gasteiger partial charge in [-0.1, -0.05) is 0 Å². The van der Waals surface area contributed by atoms with Gasteiger partial charge in [0, 0.05) is 19.1 Å². The summed E-state index contributed by atoms with van der Waals surface area (Å²) in [5, 5.41) is 0. The normalized spacial score (nSPS) is 19.2. The Morgan fingerprint density at radius 3 is 2.45 bits per heavy atom. The van der Waals surface area contributed by atoms with Gasteiger partial charge in [-0.15, -0.1) is 11.6 Å². The second-order valence-corrected chi connectivity index (χ2v) is 7.36. The highest BCUT2D eigenvalue weighted by molar-refractivity contribution is 6.27. The Balaban J connectivity index is 2.80. The van der Waals surface area contributed by atoms with Crippen molar-refractivity contribution in [3.8, 4) is 0 Å². The first-order valence-corrected chi connectivity index (χ1v) is 8.54. The maximum Gasteiger partial charge on any atom is 0.410 e. The van der Waals surface area contributed by atoms with Gasteiger partial charge in [-0.25, -0.2) is 4.79 Å². The van der Waals surface area contributed by atoms with E-state index in [1.807, 2.05) is 34.6 Å². The van der Waals surface area contributed by atoms with Crippen LogP contribution >= 0.6 is 11.6 Å². The fraction of sp³-hybridized carbons (Fsp3) is 0.875. The van der Waals surface area contributed by atoms with Gasteiger partial charge in [0.25, 0.3) is 0 Å². The number of piperidine rings is 1. The molecule has 0 aromatic heterocycles. The van der Waals surface area contributed by atoms with E-state index in [4.69, 9.17) is 16.3 Å². The standard InChI is InChI=1S/C16H29ClN2O3/c1-12(2)19(14(20)10-17)11-13-8-6-7-9-18(13)15(21)22-16(3,4)5/h12-13H,6-11H2,1-5H3/t13-/m1/s1.